The fraction of sp³-hybridized carbons (Fsp3) is 0.238. The first-order chi connectivity index (χ1) is 13.9. The van der Waals surface area contributed by atoms with E-state index < -0.39 is 19.2 Å². The molecule has 0 atom stereocenters. The van der Waals surface area contributed by atoms with Crippen molar-refractivity contribution in [2.24, 2.45) is 0 Å². The Kier molecular flexibility index (Phi) is 8.14. The number of carbonyl (C=O) groups excluding carboxylic acids is 2. The highest BCUT2D eigenvalue weighted by Gasteiger charge is 2.12. The second-order valence-electron chi connectivity index (χ2n) is 5.61. The van der Waals surface area contributed by atoms with Crippen LogP contribution in [0.2, 0.25) is 0 Å². The van der Waals surface area contributed by atoms with Gasteiger partial charge in [0, 0.05) is 11.6 Å². The Labute approximate surface area is 166 Å². The highest BCUT2D eigenvalue weighted by Crippen LogP contribution is 2.30. The summed E-state index contributed by atoms with van der Waals surface area (Å²) in [5.41, 5.74) is 0.895. The summed E-state index contributed by atoms with van der Waals surface area (Å²) in [6.45, 7) is -1.44. The van der Waals surface area contributed by atoms with Gasteiger partial charge in [-0.15, -0.1) is 0 Å². The minimum atomic E-state index is -2.98. The quantitative estimate of drug-likeness (QED) is 0.336. The summed E-state index contributed by atoms with van der Waals surface area (Å²) < 4.78 is 44.4. The summed E-state index contributed by atoms with van der Waals surface area (Å²) in [6.07, 6.45) is 2.54. The van der Waals surface area contributed by atoms with Gasteiger partial charge in [0.05, 0.1) is 13.7 Å². The van der Waals surface area contributed by atoms with E-state index in [9.17, 15) is 18.4 Å². The van der Waals surface area contributed by atoms with Gasteiger partial charge >= 0.3 is 12.6 Å². The van der Waals surface area contributed by atoms with Crippen LogP contribution in [0.5, 0.6) is 17.2 Å². The van der Waals surface area contributed by atoms with Crippen molar-refractivity contribution < 1.29 is 37.3 Å². The van der Waals surface area contributed by atoms with E-state index in [1.807, 2.05) is 0 Å². The summed E-state index contributed by atoms with van der Waals surface area (Å²) in [7, 11) is 1.52. The van der Waals surface area contributed by atoms with Crippen molar-refractivity contribution in [1.29, 1.82) is 0 Å². The zero-order chi connectivity index (χ0) is 21.2. The van der Waals surface area contributed by atoms with Crippen molar-refractivity contribution in [3.8, 4) is 17.2 Å². The van der Waals surface area contributed by atoms with Gasteiger partial charge in [0.25, 0.3) is 0 Å². The van der Waals surface area contributed by atoms with E-state index in [0.717, 1.165) is 6.08 Å². The number of alkyl halides is 2. The predicted molar refractivity (Wildman–Crippen MR) is 102 cm³/mol. The molecular formula is C21H20F2O6. The molecule has 0 spiro atoms. The zero-order valence-corrected chi connectivity index (χ0v) is 15.9. The minimum Gasteiger partial charge on any atom is -0.497 e. The van der Waals surface area contributed by atoms with Gasteiger partial charge in [0.15, 0.2) is 23.9 Å². The van der Waals surface area contributed by atoms with Gasteiger partial charge in [0.2, 0.25) is 0 Å². The lowest BCUT2D eigenvalue weighted by molar-refractivity contribution is -0.136. The predicted octanol–water partition coefficient (Wildman–Crippen LogP) is 4.13. The van der Waals surface area contributed by atoms with Crippen LogP contribution in [0, 0.1) is 0 Å². The largest absolute Gasteiger partial charge is 0.497 e. The first kappa shape index (κ1) is 21.9. The molecule has 154 valence electrons. The van der Waals surface area contributed by atoms with Gasteiger partial charge in [-0.3, -0.25) is 4.79 Å². The Morgan fingerprint density at radius 2 is 1.79 bits per heavy atom. The third-order valence-electron chi connectivity index (χ3n) is 3.65. The van der Waals surface area contributed by atoms with Gasteiger partial charge in [0.1, 0.15) is 5.75 Å². The Balaban J connectivity index is 1.95. The first-order valence-electron chi connectivity index (χ1n) is 8.66. The second kappa shape index (κ2) is 10.8. The van der Waals surface area contributed by atoms with Crippen LogP contribution in [0.1, 0.15) is 22.8 Å². The van der Waals surface area contributed by atoms with E-state index in [0.29, 0.717) is 16.9 Å². The average Bonchev–Trinajstić information content (AvgIpc) is 2.72. The first-order valence-corrected chi connectivity index (χ1v) is 8.66. The van der Waals surface area contributed by atoms with Crippen LogP contribution in [0.25, 0.3) is 6.08 Å². The Morgan fingerprint density at radius 1 is 1.07 bits per heavy atom. The highest BCUT2D eigenvalue weighted by atomic mass is 19.3. The molecule has 0 bridgehead atoms. The molecule has 0 aliphatic rings. The van der Waals surface area contributed by atoms with Gasteiger partial charge in [-0.1, -0.05) is 6.07 Å². The fourth-order valence-corrected chi connectivity index (χ4v) is 2.30. The van der Waals surface area contributed by atoms with Crippen molar-refractivity contribution in [2.45, 2.75) is 13.5 Å². The molecule has 2 rings (SSSR count). The van der Waals surface area contributed by atoms with E-state index in [4.69, 9.17) is 14.2 Å². The van der Waals surface area contributed by atoms with Gasteiger partial charge in [-0.25, -0.2) is 4.79 Å². The van der Waals surface area contributed by atoms with Gasteiger partial charge in [-0.05, 0) is 55.0 Å². The molecule has 6 nitrogen and oxygen atoms in total. The molecule has 0 aromatic heterocycles. The number of ether oxygens (including phenoxy) is 4. The van der Waals surface area contributed by atoms with Crippen molar-refractivity contribution in [1.82, 2.24) is 0 Å². The molecule has 0 unspecified atom stereocenters. The molecule has 0 heterocycles. The van der Waals surface area contributed by atoms with Crippen LogP contribution in [0.4, 0.5) is 8.78 Å². The molecule has 0 fully saturated rings. The molecule has 29 heavy (non-hydrogen) atoms. The van der Waals surface area contributed by atoms with Crippen LogP contribution in [-0.4, -0.2) is 38.7 Å². The number of ketones is 1. The smallest absolute Gasteiger partial charge is 0.387 e. The van der Waals surface area contributed by atoms with E-state index in [1.165, 1.54) is 31.4 Å². The van der Waals surface area contributed by atoms with Crippen molar-refractivity contribution in [3.05, 3.63) is 59.7 Å². The average molecular weight is 406 g/mol. The number of carbonyl (C=O) groups is 2. The lowest BCUT2D eigenvalue weighted by Crippen LogP contribution is -2.12. The molecule has 0 N–H and O–H groups in total. The molecule has 0 amide bonds. The summed E-state index contributed by atoms with van der Waals surface area (Å²) in [5.74, 6) is -0.457. The molecule has 0 radical (unpaired) electrons. The van der Waals surface area contributed by atoms with Gasteiger partial charge < -0.3 is 18.9 Å². The topological polar surface area (TPSA) is 71.1 Å². The number of benzene rings is 2. The SMILES string of the molecule is CCOc1cc(/C=C/C(=O)OCC(=O)c2ccc(OC)cc2)ccc1OC(F)F. The third-order valence-corrected chi connectivity index (χ3v) is 3.65. The lowest BCUT2D eigenvalue weighted by atomic mass is 10.1. The van der Waals surface area contributed by atoms with Crippen LogP contribution in [0.3, 0.4) is 0 Å². The molecule has 0 saturated heterocycles. The number of esters is 1. The second-order valence-corrected chi connectivity index (χ2v) is 5.61. The zero-order valence-electron chi connectivity index (χ0n) is 15.9. The normalized spacial score (nSPS) is 10.8. The van der Waals surface area contributed by atoms with Crippen LogP contribution in [-0.2, 0) is 9.53 Å². The highest BCUT2D eigenvalue weighted by molar-refractivity contribution is 5.99. The molecule has 2 aromatic rings. The lowest BCUT2D eigenvalue weighted by Gasteiger charge is -2.11. The standard InChI is InChI=1S/C21H20F2O6/c1-3-27-19-12-14(4-10-18(19)29-21(22)23)5-11-20(25)28-13-17(24)15-6-8-16(26-2)9-7-15/h4-12,21H,3,13H2,1-2H3/b11-5+. The van der Waals surface area contributed by atoms with E-state index >= 15 is 0 Å². The Hall–Kier alpha value is -3.42. The maximum Gasteiger partial charge on any atom is 0.387 e. The summed E-state index contributed by atoms with van der Waals surface area (Å²) >= 11 is 0. The monoisotopic (exact) mass is 406 g/mol. The number of halogens is 2. The number of hydrogen-bond acceptors (Lipinski definition) is 6. The van der Waals surface area contributed by atoms with Gasteiger partial charge in [-0.2, -0.15) is 8.78 Å². The van der Waals surface area contributed by atoms with Crippen molar-refractivity contribution in [3.63, 3.8) is 0 Å². The fourth-order valence-electron chi connectivity index (χ4n) is 2.30. The maximum atomic E-state index is 12.4. The summed E-state index contributed by atoms with van der Waals surface area (Å²) in [6, 6.07) is 10.7. The minimum absolute atomic E-state index is 0.105. The van der Waals surface area contributed by atoms with Crippen LogP contribution < -0.4 is 14.2 Å². The van der Waals surface area contributed by atoms with E-state index in [2.05, 4.69) is 4.74 Å². The molecule has 0 saturated carbocycles. The Bertz CT molecular complexity index is 862. The third kappa shape index (κ3) is 6.91. The van der Waals surface area contributed by atoms with Crippen LogP contribution >= 0.6 is 0 Å². The number of methoxy groups -OCH3 is 1. The summed E-state index contributed by atoms with van der Waals surface area (Å²) in [5, 5.41) is 0. The molecule has 0 aliphatic carbocycles. The van der Waals surface area contributed by atoms with Crippen molar-refractivity contribution in [2.75, 3.05) is 20.3 Å². The molecular weight excluding hydrogens is 386 g/mol. The number of rotatable bonds is 10. The van der Waals surface area contributed by atoms with Crippen LogP contribution in [0.15, 0.2) is 48.5 Å². The molecule has 0 aliphatic heterocycles. The molecule has 8 heteroatoms. The maximum absolute atomic E-state index is 12.4. The van der Waals surface area contributed by atoms with E-state index in [1.54, 1.807) is 31.2 Å². The number of hydrogen-bond donors (Lipinski definition) is 0. The van der Waals surface area contributed by atoms with Crippen molar-refractivity contribution >= 4 is 17.8 Å². The molecule has 2 aromatic carbocycles. The Morgan fingerprint density at radius 3 is 2.41 bits per heavy atom. The number of Topliss-reactive ketones (excluding diaryl/α,β-unsaturated/α-hetero) is 1. The van der Waals surface area contributed by atoms with E-state index in [-0.39, 0.29) is 23.9 Å². The summed E-state index contributed by atoms with van der Waals surface area (Å²) in [4.78, 5) is 23.9.